The minimum absolute atomic E-state index is 0.182. The minimum atomic E-state index is 0.182. The second kappa shape index (κ2) is 5.62. The van der Waals surface area contributed by atoms with Gasteiger partial charge in [-0.15, -0.1) is 0 Å². The van der Waals surface area contributed by atoms with Crippen molar-refractivity contribution in [2.75, 3.05) is 19.0 Å². The lowest BCUT2D eigenvalue weighted by atomic mass is 9.94. The molecule has 3 heteroatoms. The Balaban J connectivity index is 1.90. The summed E-state index contributed by atoms with van der Waals surface area (Å²) < 4.78 is 5.01. The summed E-state index contributed by atoms with van der Waals surface area (Å²) in [5, 5.41) is 13.0. The molecule has 1 aromatic carbocycles. The molecule has 0 spiro atoms. The number of methoxy groups -OCH3 is 1. The first kappa shape index (κ1) is 11.8. The van der Waals surface area contributed by atoms with E-state index in [-0.39, 0.29) is 5.75 Å². The monoisotopic (exact) mass is 233 g/mol. The van der Waals surface area contributed by atoms with Gasteiger partial charge in [0.05, 0.1) is 7.11 Å². The molecule has 0 saturated heterocycles. The van der Waals surface area contributed by atoms with Crippen LogP contribution in [-0.4, -0.2) is 18.8 Å². The van der Waals surface area contributed by atoms with E-state index in [9.17, 15) is 5.11 Å². The number of anilines is 1. The van der Waals surface area contributed by atoms with Crippen molar-refractivity contribution in [2.45, 2.75) is 19.3 Å². The smallest absolute Gasteiger partial charge is 0.160 e. The molecule has 0 radical (unpaired) electrons. The van der Waals surface area contributed by atoms with Crippen LogP contribution in [0.3, 0.4) is 0 Å². The molecule has 0 bridgehead atoms. The van der Waals surface area contributed by atoms with E-state index in [2.05, 4.69) is 17.5 Å². The summed E-state index contributed by atoms with van der Waals surface area (Å²) >= 11 is 0. The zero-order chi connectivity index (χ0) is 12.1. The zero-order valence-electron chi connectivity index (χ0n) is 10.1. The number of ether oxygens (including phenoxy) is 1. The molecule has 0 aromatic heterocycles. The van der Waals surface area contributed by atoms with Crippen molar-refractivity contribution in [3.63, 3.8) is 0 Å². The predicted molar refractivity (Wildman–Crippen MR) is 69.6 cm³/mol. The van der Waals surface area contributed by atoms with E-state index in [1.54, 1.807) is 19.2 Å². The number of benzene rings is 1. The maximum atomic E-state index is 9.65. The fourth-order valence-electron chi connectivity index (χ4n) is 2.10. The van der Waals surface area contributed by atoms with E-state index in [4.69, 9.17) is 4.74 Å². The zero-order valence-corrected chi connectivity index (χ0v) is 10.1. The third-order valence-corrected chi connectivity index (χ3v) is 3.15. The number of rotatable bonds is 4. The molecule has 0 aliphatic heterocycles. The molecule has 2 rings (SSSR count). The Morgan fingerprint density at radius 3 is 2.94 bits per heavy atom. The van der Waals surface area contributed by atoms with Crippen LogP contribution in [-0.2, 0) is 0 Å². The Morgan fingerprint density at radius 2 is 2.29 bits per heavy atom. The van der Waals surface area contributed by atoms with Crippen molar-refractivity contribution in [3.05, 3.63) is 30.4 Å². The van der Waals surface area contributed by atoms with E-state index in [0.717, 1.165) is 18.7 Å². The van der Waals surface area contributed by atoms with Gasteiger partial charge >= 0.3 is 0 Å². The molecule has 0 heterocycles. The average Bonchev–Trinajstić information content (AvgIpc) is 2.38. The Bertz CT molecular complexity index is 401. The summed E-state index contributed by atoms with van der Waals surface area (Å²) in [6, 6.07) is 5.41. The molecule has 1 atom stereocenters. The van der Waals surface area contributed by atoms with Gasteiger partial charge in [-0.3, -0.25) is 0 Å². The van der Waals surface area contributed by atoms with Gasteiger partial charge < -0.3 is 15.2 Å². The number of phenols is 1. The van der Waals surface area contributed by atoms with E-state index in [0.29, 0.717) is 11.7 Å². The largest absolute Gasteiger partial charge is 0.504 e. The van der Waals surface area contributed by atoms with Crippen LogP contribution in [0.2, 0.25) is 0 Å². The van der Waals surface area contributed by atoms with Gasteiger partial charge in [-0.2, -0.15) is 0 Å². The summed E-state index contributed by atoms with van der Waals surface area (Å²) in [7, 11) is 1.55. The Morgan fingerprint density at radius 1 is 1.41 bits per heavy atom. The van der Waals surface area contributed by atoms with Gasteiger partial charge in [-0.05, 0) is 37.3 Å². The highest BCUT2D eigenvalue weighted by atomic mass is 16.5. The van der Waals surface area contributed by atoms with Crippen molar-refractivity contribution in [3.8, 4) is 11.5 Å². The lowest BCUT2D eigenvalue weighted by Gasteiger charge is -2.19. The van der Waals surface area contributed by atoms with Crippen molar-refractivity contribution in [2.24, 2.45) is 5.92 Å². The van der Waals surface area contributed by atoms with Crippen molar-refractivity contribution in [1.29, 1.82) is 0 Å². The van der Waals surface area contributed by atoms with Crippen LogP contribution in [0.1, 0.15) is 19.3 Å². The second-order valence-corrected chi connectivity index (χ2v) is 4.42. The van der Waals surface area contributed by atoms with Gasteiger partial charge in [0.15, 0.2) is 11.5 Å². The third-order valence-electron chi connectivity index (χ3n) is 3.15. The van der Waals surface area contributed by atoms with E-state index >= 15 is 0 Å². The number of hydrogen-bond acceptors (Lipinski definition) is 3. The minimum Gasteiger partial charge on any atom is -0.504 e. The van der Waals surface area contributed by atoms with Crippen LogP contribution in [0, 0.1) is 5.92 Å². The molecule has 92 valence electrons. The molecule has 1 aliphatic rings. The maximum Gasteiger partial charge on any atom is 0.160 e. The third kappa shape index (κ3) is 3.16. The summed E-state index contributed by atoms with van der Waals surface area (Å²) in [4.78, 5) is 0. The highest BCUT2D eigenvalue weighted by Crippen LogP contribution is 2.29. The fraction of sp³-hybridized carbons (Fsp3) is 0.429. The molecular weight excluding hydrogens is 214 g/mol. The van der Waals surface area contributed by atoms with Crippen LogP contribution in [0.5, 0.6) is 11.5 Å². The molecule has 17 heavy (non-hydrogen) atoms. The molecule has 0 saturated carbocycles. The topological polar surface area (TPSA) is 41.5 Å². The van der Waals surface area contributed by atoms with E-state index < -0.39 is 0 Å². The van der Waals surface area contributed by atoms with Crippen LogP contribution in [0.25, 0.3) is 0 Å². The molecule has 0 amide bonds. The van der Waals surface area contributed by atoms with Gasteiger partial charge in [0.2, 0.25) is 0 Å². The lowest BCUT2D eigenvalue weighted by Crippen LogP contribution is -2.15. The van der Waals surface area contributed by atoms with Gasteiger partial charge in [0.25, 0.3) is 0 Å². The number of nitrogens with one attached hydrogen (secondary N) is 1. The number of aromatic hydroxyl groups is 1. The molecule has 3 nitrogen and oxygen atoms in total. The van der Waals surface area contributed by atoms with Crippen LogP contribution < -0.4 is 10.1 Å². The van der Waals surface area contributed by atoms with Gasteiger partial charge in [0, 0.05) is 18.3 Å². The van der Waals surface area contributed by atoms with E-state index in [1.165, 1.54) is 12.8 Å². The average molecular weight is 233 g/mol. The van der Waals surface area contributed by atoms with Crippen molar-refractivity contribution >= 4 is 5.69 Å². The number of phenolic OH excluding ortho intramolecular Hbond substituents is 1. The predicted octanol–water partition coefficient (Wildman–Crippen LogP) is 3.17. The quantitative estimate of drug-likeness (QED) is 0.785. The summed E-state index contributed by atoms with van der Waals surface area (Å²) in [6.45, 7) is 0.954. The Labute approximate surface area is 102 Å². The first-order valence-corrected chi connectivity index (χ1v) is 6.05. The molecule has 1 unspecified atom stereocenters. The summed E-state index contributed by atoms with van der Waals surface area (Å²) in [5.41, 5.74) is 0.942. The summed E-state index contributed by atoms with van der Waals surface area (Å²) in [5.74, 6) is 1.39. The van der Waals surface area contributed by atoms with Crippen LogP contribution in [0.4, 0.5) is 5.69 Å². The van der Waals surface area contributed by atoms with Crippen molar-refractivity contribution in [1.82, 2.24) is 0 Å². The number of allylic oxidation sites excluding steroid dienone is 2. The highest BCUT2D eigenvalue weighted by molar-refractivity contribution is 5.54. The SMILES string of the molecule is COc1ccc(NCC2CC=CCC2)cc1O. The summed E-state index contributed by atoms with van der Waals surface area (Å²) in [6.07, 6.45) is 8.07. The second-order valence-electron chi connectivity index (χ2n) is 4.42. The fourth-order valence-corrected chi connectivity index (χ4v) is 2.10. The van der Waals surface area contributed by atoms with Gasteiger partial charge in [-0.1, -0.05) is 12.2 Å². The molecule has 0 fully saturated rings. The first-order chi connectivity index (χ1) is 8.29. The standard InChI is InChI=1S/C14H19NO2/c1-17-14-8-7-12(9-13(14)16)15-10-11-5-3-2-4-6-11/h2-3,7-9,11,15-16H,4-6,10H2,1H3. The Hall–Kier alpha value is -1.64. The van der Waals surface area contributed by atoms with Crippen LogP contribution in [0.15, 0.2) is 30.4 Å². The Kier molecular flexibility index (Phi) is 3.91. The highest BCUT2D eigenvalue weighted by Gasteiger charge is 2.09. The molecular formula is C14H19NO2. The maximum absolute atomic E-state index is 9.65. The van der Waals surface area contributed by atoms with Gasteiger partial charge in [0.1, 0.15) is 0 Å². The molecule has 2 N–H and O–H groups in total. The van der Waals surface area contributed by atoms with Gasteiger partial charge in [-0.25, -0.2) is 0 Å². The van der Waals surface area contributed by atoms with Crippen molar-refractivity contribution < 1.29 is 9.84 Å². The normalized spacial score (nSPS) is 19.0. The lowest BCUT2D eigenvalue weighted by molar-refractivity contribution is 0.373. The van der Waals surface area contributed by atoms with E-state index in [1.807, 2.05) is 6.07 Å². The molecule has 1 aromatic rings. The first-order valence-electron chi connectivity index (χ1n) is 6.05. The molecule has 1 aliphatic carbocycles. The van der Waals surface area contributed by atoms with Crippen LogP contribution >= 0.6 is 0 Å². The number of hydrogen-bond donors (Lipinski definition) is 2.